The van der Waals surface area contributed by atoms with Crippen LogP contribution in [0.1, 0.15) is 21.8 Å². The van der Waals surface area contributed by atoms with Crippen LogP contribution in [0.5, 0.6) is 0 Å². The first-order chi connectivity index (χ1) is 16.6. The van der Waals surface area contributed by atoms with Crippen LogP contribution in [-0.4, -0.2) is 20.3 Å². The van der Waals surface area contributed by atoms with Gasteiger partial charge in [0.05, 0.1) is 27.0 Å². The monoisotopic (exact) mass is 467 g/mol. The zero-order valence-electron chi connectivity index (χ0n) is 18.0. The number of para-hydroxylation sites is 2. The van der Waals surface area contributed by atoms with Gasteiger partial charge in [0.15, 0.2) is 10.7 Å². The third-order valence-corrected chi connectivity index (χ3v) is 6.55. The van der Waals surface area contributed by atoms with Gasteiger partial charge in [0.1, 0.15) is 18.1 Å². The smallest absolute Gasteiger partial charge is 0.339 e. The van der Waals surface area contributed by atoms with Crippen LogP contribution in [0.3, 0.4) is 0 Å². The van der Waals surface area contributed by atoms with Crippen LogP contribution in [0.2, 0.25) is 0 Å². The first-order valence-corrected chi connectivity index (χ1v) is 11.4. The summed E-state index contributed by atoms with van der Waals surface area (Å²) in [5.41, 5.74) is 2.57. The van der Waals surface area contributed by atoms with Gasteiger partial charge in [-0.15, -0.1) is 0 Å². The van der Waals surface area contributed by atoms with Gasteiger partial charge in [0.25, 0.3) is 5.56 Å². The molecule has 0 unspecified atom stereocenters. The van der Waals surface area contributed by atoms with Gasteiger partial charge in [-0.05, 0) is 43.3 Å². The lowest BCUT2D eigenvalue weighted by atomic mass is 10.1. The molecule has 0 saturated heterocycles. The number of thiazole rings is 1. The number of benzene rings is 2. The van der Waals surface area contributed by atoms with Crippen molar-refractivity contribution in [1.82, 2.24) is 14.4 Å². The van der Waals surface area contributed by atoms with Crippen LogP contribution in [0.15, 0.2) is 82.0 Å². The summed E-state index contributed by atoms with van der Waals surface area (Å²) in [4.78, 5) is 35.6. The van der Waals surface area contributed by atoms with Crippen molar-refractivity contribution in [2.24, 2.45) is 0 Å². The third kappa shape index (κ3) is 3.45. The van der Waals surface area contributed by atoms with Crippen molar-refractivity contribution in [2.75, 3.05) is 0 Å². The van der Waals surface area contributed by atoms with Crippen molar-refractivity contribution in [3.63, 3.8) is 0 Å². The van der Waals surface area contributed by atoms with Crippen molar-refractivity contribution < 1.29 is 13.9 Å². The lowest BCUT2D eigenvalue weighted by molar-refractivity contribution is 0.0470. The average molecular weight is 468 g/mol. The SMILES string of the molecule is Cc1ccc(-c2cc(C(=O)OCc3cc(=O)n4c(n3)sc3ccccc34)c3ccccc3n2)o1. The van der Waals surface area contributed by atoms with Gasteiger partial charge >= 0.3 is 5.97 Å². The van der Waals surface area contributed by atoms with E-state index >= 15 is 0 Å². The number of rotatable bonds is 4. The van der Waals surface area contributed by atoms with Gasteiger partial charge < -0.3 is 9.15 Å². The first-order valence-electron chi connectivity index (χ1n) is 10.6. The molecule has 0 spiro atoms. The summed E-state index contributed by atoms with van der Waals surface area (Å²) in [6.45, 7) is 1.73. The Balaban J connectivity index is 1.34. The van der Waals surface area contributed by atoms with Crippen LogP contribution in [0.25, 0.3) is 37.5 Å². The maximum Gasteiger partial charge on any atom is 0.339 e. The van der Waals surface area contributed by atoms with Crippen molar-refractivity contribution in [2.45, 2.75) is 13.5 Å². The number of aromatic nitrogens is 3. The topological polar surface area (TPSA) is 86.7 Å². The highest BCUT2D eigenvalue weighted by Crippen LogP contribution is 2.27. The normalized spacial score (nSPS) is 11.4. The average Bonchev–Trinajstić information content (AvgIpc) is 3.45. The molecule has 0 aliphatic carbocycles. The van der Waals surface area contributed by atoms with Crippen LogP contribution in [0, 0.1) is 6.92 Å². The van der Waals surface area contributed by atoms with E-state index < -0.39 is 5.97 Å². The molecule has 4 heterocycles. The predicted octanol–water partition coefficient (Wildman–Crippen LogP) is 5.38. The second-order valence-corrected chi connectivity index (χ2v) is 8.84. The fraction of sp³-hybridized carbons (Fsp3) is 0.0769. The van der Waals surface area contributed by atoms with E-state index in [1.807, 2.05) is 67.6 Å². The van der Waals surface area contributed by atoms with Crippen molar-refractivity contribution in [1.29, 1.82) is 0 Å². The molecular formula is C26H17N3O4S. The van der Waals surface area contributed by atoms with Gasteiger partial charge in [0.2, 0.25) is 0 Å². The highest BCUT2D eigenvalue weighted by Gasteiger charge is 2.18. The number of pyridine rings is 1. The summed E-state index contributed by atoms with van der Waals surface area (Å²) in [5, 5.41) is 0.674. The number of hydrogen-bond donors (Lipinski definition) is 0. The van der Waals surface area contributed by atoms with E-state index in [1.165, 1.54) is 17.4 Å². The minimum Gasteiger partial charge on any atom is -0.460 e. The standard InChI is InChI=1S/C26H17N3O4S/c1-15-10-11-22(33-15)20-13-18(17-6-2-3-7-19(17)28-20)25(31)32-14-16-12-24(30)29-21-8-4-5-9-23(21)34-26(29)27-16/h2-13H,14H2,1H3. The minimum atomic E-state index is -0.526. The fourth-order valence-corrected chi connectivity index (χ4v) is 5.01. The van der Waals surface area contributed by atoms with E-state index in [-0.39, 0.29) is 12.2 Å². The van der Waals surface area contributed by atoms with Crippen molar-refractivity contribution in [3.8, 4) is 11.5 Å². The van der Waals surface area contributed by atoms with E-state index in [1.54, 1.807) is 10.5 Å². The molecule has 6 aromatic rings. The highest BCUT2D eigenvalue weighted by atomic mass is 32.1. The summed E-state index contributed by atoms with van der Waals surface area (Å²) in [6.07, 6.45) is 0. The molecular weight excluding hydrogens is 450 g/mol. The molecule has 4 aromatic heterocycles. The molecule has 0 fully saturated rings. The minimum absolute atomic E-state index is 0.120. The molecule has 0 radical (unpaired) electrons. The third-order valence-electron chi connectivity index (χ3n) is 5.53. The van der Waals surface area contributed by atoms with Crippen LogP contribution >= 0.6 is 11.3 Å². The van der Waals surface area contributed by atoms with E-state index in [4.69, 9.17) is 9.15 Å². The summed E-state index contributed by atoms with van der Waals surface area (Å²) >= 11 is 1.42. The summed E-state index contributed by atoms with van der Waals surface area (Å²) < 4.78 is 13.8. The quantitative estimate of drug-likeness (QED) is 0.324. The molecule has 0 atom stereocenters. The van der Waals surface area contributed by atoms with Crippen molar-refractivity contribution in [3.05, 3.63) is 100 Å². The molecule has 2 aromatic carbocycles. The molecule has 0 bridgehead atoms. The Morgan fingerprint density at radius 1 is 1.03 bits per heavy atom. The van der Waals surface area contributed by atoms with E-state index in [0.29, 0.717) is 38.6 Å². The zero-order valence-corrected chi connectivity index (χ0v) is 18.8. The summed E-state index contributed by atoms with van der Waals surface area (Å²) in [5.74, 6) is 0.798. The number of nitrogens with zero attached hydrogens (tertiary/aromatic N) is 3. The van der Waals surface area contributed by atoms with Crippen molar-refractivity contribution >= 4 is 43.4 Å². The number of esters is 1. The molecule has 8 heteroatoms. The molecule has 34 heavy (non-hydrogen) atoms. The Morgan fingerprint density at radius 2 is 1.85 bits per heavy atom. The second-order valence-electron chi connectivity index (χ2n) is 7.83. The zero-order chi connectivity index (χ0) is 23.2. The molecule has 0 N–H and O–H groups in total. The Bertz CT molecular complexity index is 1780. The summed E-state index contributed by atoms with van der Waals surface area (Å²) in [6, 6.07) is 21.7. The van der Waals surface area contributed by atoms with Crippen LogP contribution < -0.4 is 5.56 Å². The van der Waals surface area contributed by atoms with Gasteiger partial charge in [-0.3, -0.25) is 9.20 Å². The number of aryl methyl sites for hydroxylation is 1. The van der Waals surface area contributed by atoms with E-state index in [9.17, 15) is 9.59 Å². The van der Waals surface area contributed by atoms with E-state index in [0.717, 1.165) is 16.0 Å². The Labute approximate surface area is 196 Å². The number of hydrogen-bond acceptors (Lipinski definition) is 7. The fourth-order valence-electron chi connectivity index (χ4n) is 3.96. The molecule has 166 valence electrons. The van der Waals surface area contributed by atoms with Gasteiger partial charge in [0, 0.05) is 11.5 Å². The van der Waals surface area contributed by atoms with Crippen LogP contribution in [-0.2, 0) is 11.3 Å². The van der Waals surface area contributed by atoms with Gasteiger partial charge in [-0.1, -0.05) is 41.7 Å². The molecule has 0 saturated carbocycles. The highest BCUT2D eigenvalue weighted by molar-refractivity contribution is 7.23. The number of fused-ring (bicyclic) bond motifs is 4. The maximum absolute atomic E-state index is 13.1. The molecule has 6 rings (SSSR count). The largest absolute Gasteiger partial charge is 0.460 e. The Kier molecular flexibility index (Phi) is 4.74. The van der Waals surface area contributed by atoms with Gasteiger partial charge in [-0.2, -0.15) is 0 Å². The lowest BCUT2D eigenvalue weighted by Gasteiger charge is -2.09. The number of ether oxygens (including phenoxy) is 1. The summed E-state index contributed by atoms with van der Waals surface area (Å²) in [7, 11) is 0. The van der Waals surface area contributed by atoms with Gasteiger partial charge in [-0.25, -0.2) is 14.8 Å². The van der Waals surface area contributed by atoms with Crippen LogP contribution in [0.4, 0.5) is 0 Å². The Hall–Kier alpha value is -4.30. The number of carbonyl (C=O) groups excluding carboxylic acids is 1. The van der Waals surface area contributed by atoms with E-state index in [2.05, 4.69) is 9.97 Å². The predicted molar refractivity (Wildman–Crippen MR) is 130 cm³/mol. The first kappa shape index (κ1) is 20.3. The molecule has 0 aliphatic rings. The molecule has 7 nitrogen and oxygen atoms in total. The Morgan fingerprint density at radius 3 is 2.71 bits per heavy atom. The second kappa shape index (κ2) is 7.93. The lowest BCUT2D eigenvalue weighted by Crippen LogP contribution is -2.15. The maximum atomic E-state index is 13.1. The number of carbonyl (C=O) groups is 1. The number of furan rings is 1. The molecule has 0 aliphatic heterocycles. The molecule has 0 amide bonds.